The van der Waals surface area contributed by atoms with Gasteiger partial charge in [0.25, 0.3) is 0 Å². The number of aliphatic hydroxyl groups is 1. The van der Waals surface area contributed by atoms with Crippen molar-refractivity contribution in [2.75, 3.05) is 39.3 Å². The van der Waals surface area contributed by atoms with Gasteiger partial charge in [0.05, 0.1) is 12.6 Å². The van der Waals surface area contributed by atoms with Gasteiger partial charge in [0.2, 0.25) is 5.91 Å². The third-order valence-electron chi connectivity index (χ3n) is 6.51. The van der Waals surface area contributed by atoms with Gasteiger partial charge < -0.3 is 10.0 Å². The molecule has 1 N–H and O–H groups in total. The van der Waals surface area contributed by atoms with E-state index < -0.39 is 0 Å². The molecule has 1 unspecified atom stereocenters. The van der Waals surface area contributed by atoms with Crippen LogP contribution in [0.4, 0.5) is 0 Å². The van der Waals surface area contributed by atoms with E-state index in [4.69, 9.17) is 0 Å². The molecular formula is C22H33N3O2. The molecule has 1 amide bonds. The molecule has 1 saturated heterocycles. The van der Waals surface area contributed by atoms with E-state index in [2.05, 4.69) is 32.9 Å². The predicted octanol–water partition coefficient (Wildman–Crippen LogP) is 1.66. The molecule has 2 fully saturated rings. The van der Waals surface area contributed by atoms with Crippen LogP contribution in [0.1, 0.15) is 42.9 Å². The van der Waals surface area contributed by atoms with E-state index in [0.29, 0.717) is 13.0 Å². The summed E-state index contributed by atoms with van der Waals surface area (Å²) in [7, 11) is 0. The number of benzene rings is 1. The molecule has 2 heterocycles. The Labute approximate surface area is 162 Å². The summed E-state index contributed by atoms with van der Waals surface area (Å²) in [6.45, 7) is 8.05. The second-order valence-electron chi connectivity index (χ2n) is 8.62. The summed E-state index contributed by atoms with van der Waals surface area (Å²) in [4.78, 5) is 19.7. The first-order chi connectivity index (χ1) is 13.1. The molecule has 1 saturated carbocycles. The number of aliphatic hydroxyl groups excluding tert-OH is 1. The van der Waals surface area contributed by atoms with Gasteiger partial charge in [-0.25, -0.2) is 0 Å². The Morgan fingerprint density at radius 3 is 2.59 bits per heavy atom. The van der Waals surface area contributed by atoms with E-state index in [1.807, 2.05) is 6.92 Å². The molecule has 0 spiro atoms. The Hall–Kier alpha value is -1.43. The number of hydrogen-bond donors (Lipinski definition) is 1. The Kier molecular flexibility index (Phi) is 5.81. The summed E-state index contributed by atoms with van der Waals surface area (Å²) in [6, 6.07) is 7.33. The minimum absolute atomic E-state index is 0.289. The largest absolute Gasteiger partial charge is 0.393 e. The molecular weight excluding hydrogens is 338 g/mol. The lowest BCUT2D eigenvalue weighted by atomic mass is 9.91. The highest BCUT2D eigenvalue weighted by molar-refractivity contribution is 5.78. The van der Waals surface area contributed by atoms with Crippen LogP contribution in [0, 0.1) is 0 Å². The molecule has 1 aliphatic carbocycles. The lowest BCUT2D eigenvalue weighted by Crippen LogP contribution is -2.55. The maximum absolute atomic E-state index is 12.8. The Balaban J connectivity index is 1.27. The Morgan fingerprint density at radius 1 is 1.15 bits per heavy atom. The van der Waals surface area contributed by atoms with Crippen molar-refractivity contribution >= 4 is 5.91 Å². The molecule has 27 heavy (non-hydrogen) atoms. The first kappa shape index (κ1) is 18.9. The van der Waals surface area contributed by atoms with Crippen molar-refractivity contribution in [3.05, 3.63) is 34.9 Å². The van der Waals surface area contributed by atoms with Crippen LogP contribution in [0.3, 0.4) is 0 Å². The highest BCUT2D eigenvalue weighted by atomic mass is 16.3. The summed E-state index contributed by atoms with van der Waals surface area (Å²) >= 11 is 0. The molecule has 4 rings (SSSR count). The van der Waals surface area contributed by atoms with Crippen molar-refractivity contribution in [2.45, 2.75) is 57.7 Å². The van der Waals surface area contributed by atoms with Crippen LogP contribution in [-0.4, -0.2) is 77.1 Å². The number of carbonyl (C=O) groups is 1. The molecule has 1 aromatic rings. The van der Waals surface area contributed by atoms with Gasteiger partial charge in [0, 0.05) is 45.3 Å². The number of piperazine rings is 1. The van der Waals surface area contributed by atoms with Crippen molar-refractivity contribution in [3.8, 4) is 0 Å². The van der Waals surface area contributed by atoms with E-state index in [9.17, 15) is 9.90 Å². The molecule has 1 atom stereocenters. The summed E-state index contributed by atoms with van der Waals surface area (Å²) in [5.74, 6) is 0.289. The number of nitrogens with zero attached hydrogens (tertiary/aromatic N) is 3. The highest BCUT2D eigenvalue weighted by Gasteiger charge is 2.30. The average molecular weight is 372 g/mol. The lowest BCUT2D eigenvalue weighted by Gasteiger charge is -2.43. The molecule has 1 aromatic carbocycles. The zero-order valence-corrected chi connectivity index (χ0v) is 16.6. The molecule has 0 radical (unpaired) electrons. The van der Waals surface area contributed by atoms with Gasteiger partial charge in [-0.2, -0.15) is 0 Å². The van der Waals surface area contributed by atoms with Crippen LogP contribution in [0.2, 0.25) is 0 Å². The molecule has 3 aliphatic rings. The number of hydrogen-bond acceptors (Lipinski definition) is 4. The Morgan fingerprint density at radius 2 is 1.93 bits per heavy atom. The number of fused-ring (bicyclic) bond motifs is 1. The van der Waals surface area contributed by atoms with E-state index in [-0.39, 0.29) is 12.0 Å². The molecule has 2 aliphatic heterocycles. The molecule has 5 heteroatoms. The third kappa shape index (κ3) is 4.53. The van der Waals surface area contributed by atoms with E-state index >= 15 is 0 Å². The predicted molar refractivity (Wildman–Crippen MR) is 107 cm³/mol. The normalized spacial score (nSPS) is 23.0. The lowest BCUT2D eigenvalue weighted by molar-refractivity contribution is -0.135. The quantitative estimate of drug-likeness (QED) is 0.855. The number of carbonyl (C=O) groups excluding carboxylic acids is 1. The van der Waals surface area contributed by atoms with Gasteiger partial charge in [-0.3, -0.25) is 14.6 Å². The summed E-state index contributed by atoms with van der Waals surface area (Å²) < 4.78 is 0. The molecule has 0 bridgehead atoms. The van der Waals surface area contributed by atoms with E-state index in [1.54, 1.807) is 0 Å². The highest BCUT2D eigenvalue weighted by Crippen LogP contribution is 2.26. The minimum atomic E-state index is -0.300. The zero-order valence-electron chi connectivity index (χ0n) is 16.6. The van der Waals surface area contributed by atoms with Crippen LogP contribution in [-0.2, 0) is 24.2 Å². The van der Waals surface area contributed by atoms with Gasteiger partial charge in [0.1, 0.15) is 0 Å². The van der Waals surface area contributed by atoms with Gasteiger partial charge in [-0.1, -0.05) is 24.6 Å². The smallest absolute Gasteiger partial charge is 0.236 e. The average Bonchev–Trinajstić information content (AvgIpc) is 2.60. The van der Waals surface area contributed by atoms with Crippen LogP contribution in [0.15, 0.2) is 18.2 Å². The third-order valence-corrected chi connectivity index (χ3v) is 6.51. The number of rotatable bonds is 5. The maximum atomic E-state index is 12.8. The molecule has 148 valence electrons. The number of amides is 1. The second-order valence-corrected chi connectivity index (χ2v) is 8.62. The fourth-order valence-electron chi connectivity index (χ4n) is 4.65. The van der Waals surface area contributed by atoms with Gasteiger partial charge in [-0.15, -0.1) is 0 Å². The first-order valence-electron chi connectivity index (χ1n) is 10.6. The van der Waals surface area contributed by atoms with E-state index in [0.717, 1.165) is 51.7 Å². The van der Waals surface area contributed by atoms with Crippen molar-refractivity contribution in [1.82, 2.24) is 14.7 Å². The monoisotopic (exact) mass is 371 g/mol. The fraction of sp³-hybridized carbons (Fsp3) is 0.682. The van der Waals surface area contributed by atoms with Crippen LogP contribution < -0.4 is 0 Å². The Bertz CT molecular complexity index is 664. The summed E-state index contributed by atoms with van der Waals surface area (Å²) in [6.07, 6.45) is 5.47. The topological polar surface area (TPSA) is 47.0 Å². The summed E-state index contributed by atoms with van der Waals surface area (Å²) in [5.41, 5.74) is 3.92. The van der Waals surface area contributed by atoms with Gasteiger partial charge >= 0.3 is 0 Å². The van der Waals surface area contributed by atoms with Crippen LogP contribution >= 0.6 is 0 Å². The van der Waals surface area contributed by atoms with Crippen LogP contribution in [0.25, 0.3) is 0 Å². The SMILES string of the molecule is CC(O)Cc1ccc2c(c1)CCN(CC(=O)N1CCN(C3CCC3)CC1)C2. The molecule has 0 aromatic heterocycles. The summed E-state index contributed by atoms with van der Waals surface area (Å²) in [5, 5.41) is 9.59. The minimum Gasteiger partial charge on any atom is -0.393 e. The first-order valence-corrected chi connectivity index (χ1v) is 10.6. The van der Waals surface area contributed by atoms with Crippen LogP contribution in [0.5, 0.6) is 0 Å². The van der Waals surface area contributed by atoms with Crippen molar-refractivity contribution in [2.24, 2.45) is 0 Å². The van der Waals surface area contributed by atoms with Crippen molar-refractivity contribution in [1.29, 1.82) is 0 Å². The van der Waals surface area contributed by atoms with Gasteiger partial charge in [-0.05, 0) is 49.3 Å². The van der Waals surface area contributed by atoms with Gasteiger partial charge in [0.15, 0.2) is 0 Å². The molecule has 5 nitrogen and oxygen atoms in total. The van der Waals surface area contributed by atoms with E-state index in [1.165, 1.54) is 36.0 Å². The zero-order chi connectivity index (χ0) is 18.8. The maximum Gasteiger partial charge on any atom is 0.236 e. The fourth-order valence-corrected chi connectivity index (χ4v) is 4.65. The van der Waals surface area contributed by atoms with Crippen molar-refractivity contribution < 1.29 is 9.90 Å². The standard InChI is InChI=1S/C22H33N3O2/c1-17(26)13-18-5-6-20-15-23(8-7-19(20)14-18)16-22(27)25-11-9-24(10-12-25)21-3-2-4-21/h5-6,14,17,21,26H,2-4,7-13,15-16H2,1H3. The van der Waals surface area contributed by atoms with Crippen molar-refractivity contribution in [3.63, 3.8) is 0 Å². The second kappa shape index (κ2) is 8.29.